The van der Waals surface area contributed by atoms with Crippen molar-refractivity contribution in [2.75, 3.05) is 33.7 Å². The summed E-state index contributed by atoms with van der Waals surface area (Å²) in [6, 6.07) is 0. The van der Waals surface area contributed by atoms with Crippen LogP contribution in [0.1, 0.15) is 25.0 Å². The van der Waals surface area contributed by atoms with Crippen LogP contribution in [0.25, 0.3) is 0 Å². The lowest BCUT2D eigenvalue weighted by Crippen LogP contribution is -2.28. The van der Waals surface area contributed by atoms with E-state index in [2.05, 4.69) is 31.2 Å². The van der Waals surface area contributed by atoms with Gasteiger partial charge in [0, 0.05) is 6.54 Å². The predicted octanol–water partition coefficient (Wildman–Crippen LogP) is 2.15. The molecule has 1 aliphatic rings. The Morgan fingerprint density at radius 1 is 1.47 bits per heavy atom. The van der Waals surface area contributed by atoms with Crippen molar-refractivity contribution < 1.29 is 4.39 Å². The quantitative estimate of drug-likeness (QED) is 0.917. The van der Waals surface area contributed by atoms with Crippen molar-refractivity contribution in [2.45, 2.75) is 31.5 Å². The third-order valence-electron chi connectivity index (χ3n) is 3.60. The Morgan fingerprint density at radius 3 is 3.00 bits per heavy atom. The van der Waals surface area contributed by atoms with Crippen LogP contribution in [0.4, 0.5) is 4.39 Å². The molecule has 1 aliphatic heterocycles. The molecule has 1 saturated heterocycles. The lowest BCUT2D eigenvalue weighted by Gasteiger charge is -2.25. The third kappa shape index (κ3) is 3.55. The van der Waals surface area contributed by atoms with E-state index in [1.165, 1.54) is 0 Å². The molecule has 19 heavy (non-hydrogen) atoms. The normalized spacial score (nSPS) is 24.7. The van der Waals surface area contributed by atoms with Crippen molar-refractivity contribution >= 4 is 15.9 Å². The van der Waals surface area contributed by atoms with Crippen LogP contribution < -0.4 is 5.32 Å². The first-order chi connectivity index (χ1) is 9.03. The molecule has 1 N–H and O–H groups in total. The second kappa shape index (κ2) is 6.33. The molecule has 1 aromatic rings. The molecule has 0 bridgehead atoms. The second-order valence-electron chi connectivity index (χ2n) is 5.44. The highest BCUT2D eigenvalue weighted by atomic mass is 79.9. The van der Waals surface area contributed by atoms with Gasteiger partial charge < -0.3 is 10.2 Å². The Hall–Kier alpha value is -0.460. The van der Waals surface area contributed by atoms with Crippen LogP contribution in [0.2, 0.25) is 0 Å². The summed E-state index contributed by atoms with van der Waals surface area (Å²) < 4.78 is 17.9. The van der Waals surface area contributed by atoms with Crippen molar-refractivity contribution in [3.8, 4) is 0 Å². The third-order valence-corrected chi connectivity index (χ3v) is 4.18. The Kier molecular flexibility index (Phi) is 4.97. The largest absolute Gasteiger partial charge is 0.317 e. The highest BCUT2D eigenvalue weighted by Gasteiger charge is 2.37. The molecular formula is C13H22BrFN4. The molecule has 1 atom stereocenters. The van der Waals surface area contributed by atoms with Gasteiger partial charge in [-0.15, -0.1) is 0 Å². The van der Waals surface area contributed by atoms with E-state index in [1.807, 2.05) is 18.8 Å². The molecule has 1 fully saturated rings. The maximum absolute atomic E-state index is 15.3. The molecule has 0 spiro atoms. The molecule has 1 aromatic heterocycles. The van der Waals surface area contributed by atoms with E-state index in [0.717, 1.165) is 30.5 Å². The number of halogens is 2. The van der Waals surface area contributed by atoms with Gasteiger partial charge in [0.1, 0.15) is 0 Å². The summed E-state index contributed by atoms with van der Waals surface area (Å²) in [4.78, 5) is 2.08. The first-order valence-electron chi connectivity index (χ1n) is 6.79. The SMILES string of the molecule is CN(C)CCn1ncc(Br)c1C1(F)CCCNCC1. The molecule has 0 amide bonds. The Balaban J connectivity index is 2.23. The zero-order valence-corrected chi connectivity index (χ0v) is 13.2. The molecule has 0 radical (unpaired) electrons. The van der Waals surface area contributed by atoms with E-state index in [9.17, 15) is 0 Å². The van der Waals surface area contributed by atoms with Gasteiger partial charge in [-0.1, -0.05) is 0 Å². The number of rotatable bonds is 4. The lowest BCUT2D eigenvalue weighted by atomic mass is 9.93. The second-order valence-corrected chi connectivity index (χ2v) is 6.29. The van der Waals surface area contributed by atoms with Crippen LogP contribution in [-0.4, -0.2) is 48.4 Å². The van der Waals surface area contributed by atoms with E-state index < -0.39 is 5.67 Å². The Morgan fingerprint density at radius 2 is 2.26 bits per heavy atom. The molecule has 2 heterocycles. The van der Waals surface area contributed by atoms with Crippen LogP contribution in [0, 0.1) is 0 Å². The van der Waals surface area contributed by atoms with E-state index >= 15 is 4.39 Å². The zero-order valence-electron chi connectivity index (χ0n) is 11.6. The maximum atomic E-state index is 15.3. The predicted molar refractivity (Wildman–Crippen MR) is 78.0 cm³/mol. The minimum Gasteiger partial charge on any atom is -0.317 e. The number of hydrogen-bond acceptors (Lipinski definition) is 3. The number of hydrogen-bond donors (Lipinski definition) is 1. The van der Waals surface area contributed by atoms with Crippen molar-refractivity contribution in [2.24, 2.45) is 0 Å². The summed E-state index contributed by atoms with van der Waals surface area (Å²) in [5, 5.41) is 7.58. The first kappa shape index (κ1) is 14.9. The van der Waals surface area contributed by atoms with Gasteiger partial charge in [0.15, 0.2) is 5.67 Å². The number of nitrogens with one attached hydrogen (secondary N) is 1. The van der Waals surface area contributed by atoms with E-state index in [0.29, 0.717) is 25.1 Å². The fourth-order valence-corrected chi connectivity index (χ4v) is 3.19. The van der Waals surface area contributed by atoms with Crippen LogP contribution >= 0.6 is 15.9 Å². The molecular weight excluding hydrogens is 311 g/mol. The van der Waals surface area contributed by atoms with Gasteiger partial charge in [0.05, 0.1) is 22.9 Å². The highest BCUT2D eigenvalue weighted by molar-refractivity contribution is 9.10. The van der Waals surface area contributed by atoms with E-state index in [-0.39, 0.29) is 0 Å². The van der Waals surface area contributed by atoms with Crippen LogP contribution in [-0.2, 0) is 12.2 Å². The van der Waals surface area contributed by atoms with Crippen molar-refractivity contribution in [1.29, 1.82) is 0 Å². The monoisotopic (exact) mass is 332 g/mol. The Bertz CT molecular complexity index is 411. The summed E-state index contributed by atoms with van der Waals surface area (Å²) in [5.41, 5.74) is -0.566. The molecule has 0 aliphatic carbocycles. The molecule has 6 heteroatoms. The highest BCUT2D eigenvalue weighted by Crippen LogP contribution is 2.39. The topological polar surface area (TPSA) is 33.1 Å². The summed E-state index contributed by atoms with van der Waals surface area (Å²) in [5.74, 6) is 0. The van der Waals surface area contributed by atoms with Gasteiger partial charge in [-0.2, -0.15) is 5.10 Å². The smallest absolute Gasteiger partial charge is 0.154 e. The fraction of sp³-hybridized carbons (Fsp3) is 0.769. The minimum absolute atomic E-state index is 0.513. The Labute approximate surface area is 122 Å². The summed E-state index contributed by atoms with van der Waals surface area (Å²) in [7, 11) is 4.03. The molecule has 0 aromatic carbocycles. The van der Waals surface area contributed by atoms with Crippen molar-refractivity contribution in [3.63, 3.8) is 0 Å². The number of likely N-dealkylation sites (N-methyl/N-ethyl adjacent to an activating group) is 1. The van der Waals surface area contributed by atoms with Gasteiger partial charge >= 0.3 is 0 Å². The average molecular weight is 333 g/mol. The van der Waals surface area contributed by atoms with E-state index in [1.54, 1.807) is 6.20 Å². The molecule has 4 nitrogen and oxygen atoms in total. The molecule has 1 unspecified atom stereocenters. The van der Waals surface area contributed by atoms with Crippen molar-refractivity contribution in [1.82, 2.24) is 20.0 Å². The number of aromatic nitrogens is 2. The van der Waals surface area contributed by atoms with Crippen molar-refractivity contribution in [3.05, 3.63) is 16.4 Å². The van der Waals surface area contributed by atoms with Gasteiger partial charge in [0.2, 0.25) is 0 Å². The van der Waals surface area contributed by atoms with Crippen LogP contribution in [0.3, 0.4) is 0 Å². The number of nitrogens with zero attached hydrogens (tertiary/aromatic N) is 3. The van der Waals surface area contributed by atoms with Gasteiger partial charge in [-0.25, -0.2) is 4.39 Å². The van der Waals surface area contributed by atoms with Crippen LogP contribution in [0.5, 0.6) is 0 Å². The standard InChI is InChI=1S/C13H22BrFN4/c1-18(2)8-9-19-12(11(14)10-17-19)13(15)4-3-6-16-7-5-13/h10,16H,3-9H2,1-2H3. The maximum Gasteiger partial charge on any atom is 0.154 e. The number of alkyl halides is 1. The molecule has 2 rings (SSSR count). The van der Waals surface area contributed by atoms with Gasteiger partial charge in [-0.3, -0.25) is 4.68 Å². The van der Waals surface area contributed by atoms with Gasteiger partial charge in [-0.05, 0) is 62.4 Å². The zero-order chi connectivity index (χ0) is 13.9. The van der Waals surface area contributed by atoms with E-state index in [4.69, 9.17) is 0 Å². The summed E-state index contributed by atoms with van der Waals surface area (Å²) in [6.07, 6.45) is 3.65. The average Bonchev–Trinajstić information content (AvgIpc) is 2.58. The van der Waals surface area contributed by atoms with Crippen LogP contribution in [0.15, 0.2) is 10.7 Å². The lowest BCUT2D eigenvalue weighted by molar-refractivity contribution is 0.129. The summed E-state index contributed by atoms with van der Waals surface area (Å²) >= 11 is 3.46. The van der Waals surface area contributed by atoms with Gasteiger partial charge in [0.25, 0.3) is 0 Å². The minimum atomic E-state index is -1.27. The fourth-order valence-electron chi connectivity index (χ4n) is 2.54. The molecule has 108 valence electrons. The summed E-state index contributed by atoms with van der Waals surface area (Å²) in [6.45, 7) is 3.19. The molecule has 0 saturated carbocycles. The first-order valence-corrected chi connectivity index (χ1v) is 7.58.